The first-order valence-electron chi connectivity index (χ1n) is 23.8. The number of likely N-dealkylation sites (N-methyl/N-ethyl adjacent to an activating group) is 2. The van der Waals surface area contributed by atoms with Gasteiger partial charge in [0.1, 0.15) is 22.9 Å². The molecule has 0 amide bonds. The number of nitrogens with two attached hydrogens (primary N) is 1. The summed E-state index contributed by atoms with van der Waals surface area (Å²) in [6.07, 6.45) is 4.50. The normalized spacial score (nSPS) is 14.0. The third-order valence-electron chi connectivity index (χ3n) is 12.9. The van der Waals surface area contributed by atoms with Gasteiger partial charge < -0.3 is 40.6 Å². The number of fused-ring (bicyclic) bond motifs is 2. The lowest BCUT2D eigenvalue weighted by Gasteiger charge is -2.35. The monoisotopic (exact) mass is 974 g/mol. The third kappa shape index (κ3) is 11.9. The highest BCUT2D eigenvalue weighted by molar-refractivity contribution is 6.28. The Bertz CT molecular complexity index is 3210. The quantitative estimate of drug-likeness (QED) is 0.0753. The summed E-state index contributed by atoms with van der Waals surface area (Å²) in [6.45, 7) is 17.7. The Balaban J connectivity index is 0.000000158. The smallest absolute Gasteiger partial charge is 0.229 e. The molecule has 0 spiro atoms. The van der Waals surface area contributed by atoms with E-state index in [0.717, 1.165) is 127 Å². The Kier molecular flexibility index (Phi) is 16.0. The van der Waals surface area contributed by atoms with Crippen molar-refractivity contribution in [3.05, 3.63) is 136 Å². The third-order valence-corrected chi connectivity index (χ3v) is 13.1. The summed E-state index contributed by atoms with van der Waals surface area (Å²) in [5.74, 6) is -0.102. The van der Waals surface area contributed by atoms with Crippen LogP contribution in [0.4, 0.5) is 37.5 Å². The van der Waals surface area contributed by atoms with Crippen molar-refractivity contribution in [3.63, 3.8) is 0 Å². The van der Waals surface area contributed by atoms with Crippen molar-refractivity contribution in [2.24, 2.45) is 0 Å². The van der Waals surface area contributed by atoms with Crippen LogP contribution in [0.3, 0.4) is 0 Å². The van der Waals surface area contributed by atoms with Gasteiger partial charge in [-0.25, -0.2) is 18.7 Å². The van der Waals surface area contributed by atoms with E-state index in [1.54, 1.807) is 12.1 Å². The first-order chi connectivity index (χ1) is 34.4. The fourth-order valence-corrected chi connectivity index (χ4v) is 9.19. The van der Waals surface area contributed by atoms with Gasteiger partial charge in [-0.3, -0.25) is 0 Å². The second-order valence-electron chi connectivity index (χ2n) is 17.5. The standard InChI is InChI=1S/C27H28FN7.C15H11ClN4.C12H18FN3/c1-3-34-11-13-35(14-12-34)23-8-7-21(16-22(23)28)31-27-32-25(24-18(2)17-30-26(24)33-27)20-6-4-5-19(15-20)9-10-29;1-9-8-18-14-12(9)13(19-15(16)20-14)11-4-2-3-10(7-11)5-6-17;1-2-15-5-7-16(8-6-15)12-4-3-10(14)9-11(12)13/h4-8,15-17H,3,9,11-14H2,1-2H3,(H2,30,31,32,33);2-4,7-8H,5H2,1H3,(H,18,19,20);3-4,9H,2,5-8,14H2,1H3. The zero-order valence-corrected chi connectivity index (χ0v) is 41.2. The second-order valence-corrected chi connectivity index (χ2v) is 17.9. The van der Waals surface area contributed by atoms with Crippen LogP contribution in [0.2, 0.25) is 5.28 Å². The van der Waals surface area contributed by atoms with E-state index in [9.17, 15) is 4.39 Å². The highest BCUT2D eigenvalue weighted by Gasteiger charge is 2.21. The molecule has 8 aromatic rings. The van der Waals surface area contributed by atoms with Gasteiger partial charge in [0.25, 0.3) is 0 Å². The highest BCUT2D eigenvalue weighted by atomic mass is 35.5. The lowest BCUT2D eigenvalue weighted by Crippen LogP contribution is -2.46. The summed E-state index contributed by atoms with van der Waals surface area (Å²) < 4.78 is 28.7. The summed E-state index contributed by atoms with van der Waals surface area (Å²) in [5, 5.41) is 23.2. The van der Waals surface area contributed by atoms with Crippen LogP contribution in [0, 0.1) is 48.1 Å². The molecule has 2 fully saturated rings. The van der Waals surface area contributed by atoms with E-state index in [1.165, 1.54) is 12.1 Å². The average molecular weight is 976 g/mol. The number of benzene rings is 4. The maximum absolute atomic E-state index is 15.1. The zero-order chi connectivity index (χ0) is 50.0. The lowest BCUT2D eigenvalue weighted by atomic mass is 10.0. The van der Waals surface area contributed by atoms with Gasteiger partial charge in [0.15, 0.2) is 0 Å². The number of hydrogen-bond acceptors (Lipinski definition) is 12. The van der Waals surface area contributed by atoms with E-state index >= 15 is 4.39 Å². The van der Waals surface area contributed by atoms with E-state index in [2.05, 4.69) is 75.8 Å². The molecule has 4 aromatic heterocycles. The topological polar surface area (TPSA) is 182 Å². The largest absolute Gasteiger partial charge is 0.399 e. The number of aryl methyl sites for hydroxylation is 2. The van der Waals surface area contributed by atoms with Crippen molar-refractivity contribution in [3.8, 4) is 34.7 Å². The molecule has 0 aliphatic carbocycles. The number of aromatic amines is 2. The van der Waals surface area contributed by atoms with E-state index in [1.807, 2.05) is 86.9 Å². The van der Waals surface area contributed by atoms with Crippen LogP contribution < -0.4 is 20.9 Å². The van der Waals surface area contributed by atoms with E-state index in [-0.39, 0.29) is 16.9 Å². The minimum atomic E-state index is -0.263. The molecule has 2 aliphatic heterocycles. The molecular weight excluding hydrogens is 918 g/mol. The second kappa shape index (κ2) is 22.9. The predicted molar refractivity (Wildman–Crippen MR) is 281 cm³/mol. The van der Waals surface area contributed by atoms with Gasteiger partial charge in [-0.05, 0) is 109 Å². The molecule has 71 heavy (non-hydrogen) atoms. The minimum absolute atomic E-state index is 0.208. The number of nitrogen functional groups attached to an aromatic ring is 1. The Hall–Kier alpha value is -7.63. The van der Waals surface area contributed by atoms with Crippen LogP contribution in [0.25, 0.3) is 44.6 Å². The van der Waals surface area contributed by atoms with Gasteiger partial charge in [0.05, 0.1) is 47.7 Å². The van der Waals surface area contributed by atoms with Gasteiger partial charge in [0.2, 0.25) is 11.2 Å². The van der Waals surface area contributed by atoms with Gasteiger partial charge in [0, 0.05) is 98.0 Å². The predicted octanol–water partition coefficient (Wildman–Crippen LogP) is 10.2. The molecule has 2 aliphatic rings. The molecule has 0 bridgehead atoms. The molecule has 2 saturated heterocycles. The molecule has 364 valence electrons. The van der Waals surface area contributed by atoms with E-state index < -0.39 is 0 Å². The summed E-state index contributed by atoms with van der Waals surface area (Å²) in [6, 6.07) is 30.1. The van der Waals surface area contributed by atoms with Gasteiger partial charge in [-0.15, -0.1) is 0 Å². The minimum Gasteiger partial charge on any atom is -0.399 e. The van der Waals surface area contributed by atoms with Crippen molar-refractivity contribution in [2.45, 2.75) is 40.5 Å². The molecule has 4 aromatic carbocycles. The molecule has 5 N–H and O–H groups in total. The number of anilines is 5. The Morgan fingerprint density at radius 1 is 0.634 bits per heavy atom. The van der Waals surface area contributed by atoms with Crippen molar-refractivity contribution >= 4 is 62.4 Å². The Morgan fingerprint density at radius 3 is 1.62 bits per heavy atom. The zero-order valence-electron chi connectivity index (χ0n) is 40.4. The molecule has 0 radical (unpaired) electrons. The van der Waals surface area contributed by atoms with Gasteiger partial charge in [-0.2, -0.15) is 20.5 Å². The number of rotatable bonds is 10. The van der Waals surface area contributed by atoms with Crippen LogP contribution in [0.1, 0.15) is 36.1 Å². The first kappa shape index (κ1) is 49.8. The molecule has 0 unspecified atom stereocenters. The number of hydrogen-bond donors (Lipinski definition) is 4. The van der Waals surface area contributed by atoms with Crippen LogP contribution in [-0.2, 0) is 12.8 Å². The van der Waals surface area contributed by atoms with Crippen LogP contribution in [0.5, 0.6) is 0 Å². The van der Waals surface area contributed by atoms with Crippen molar-refractivity contribution in [1.82, 2.24) is 39.7 Å². The molecule has 0 atom stereocenters. The maximum Gasteiger partial charge on any atom is 0.229 e. The summed E-state index contributed by atoms with van der Waals surface area (Å²) >= 11 is 5.99. The number of nitrogens with zero attached hydrogens (tertiary/aromatic N) is 10. The maximum atomic E-state index is 15.1. The van der Waals surface area contributed by atoms with Crippen molar-refractivity contribution in [2.75, 3.05) is 86.3 Å². The fraction of sp³-hybridized carbons (Fsp3) is 0.296. The SMILES string of the molecule is CCN1CCN(c2ccc(N)cc2F)CC1.CCN1CCN(c2ccc(Nc3nc(-c4cccc(CC#N)c4)c4c(C)c[nH]c4n3)cc2F)CC1.Cc1c[nH]c2nc(Cl)nc(-c3cccc(CC#N)c3)c12. The highest BCUT2D eigenvalue weighted by Crippen LogP contribution is 2.33. The molecule has 14 nitrogen and oxygen atoms in total. The Morgan fingerprint density at radius 2 is 1.13 bits per heavy atom. The first-order valence-corrected chi connectivity index (χ1v) is 24.2. The summed E-state index contributed by atoms with van der Waals surface area (Å²) in [4.78, 5) is 33.2. The summed E-state index contributed by atoms with van der Waals surface area (Å²) in [7, 11) is 0. The van der Waals surface area contributed by atoms with Crippen molar-refractivity contribution < 1.29 is 8.78 Å². The number of nitrogens with one attached hydrogen (secondary N) is 3. The van der Waals surface area contributed by atoms with E-state index in [0.29, 0.717) is 47.2 Å². The molecule has 6 heterocycles. The number of halogens is 3. The van der Waals surface area contributed by atoms with Crippen molar-refractivity contribution in [1.29, 1.82) is 10.5 Å². The van der Waals surface area contributed by atoms with Gasteiger partial charge in [-0.1, -0.05) is 50.2 Å². The van der Waals surface area contributed by atoms with Gasteiger partial charge >= 0.3 is 0 Å². The molecular formula is C54H57ClF2N14. The molecule has 10 rings (SSSR count). The number of H-pyrrole nitrogens is 2. The summed E-state index contributed by atoms with van der Waals surface area (Å²) in [5.41, 5.74) is 16.7. The molecule has 0 saturated carbocycles. The van der Waals surface area contributed by atoms with Crippen LogP contribution in [-0.4, -0.2) is 105 Å². The number of nitriles is 2. The van der Waals surface area contributed by atoms with Crippen LogP contribution >= 0.6 is 11.6 Å². The lowest BCUT2D eigenvalue weighted by molar-refractivity contribution is 0.270. The molecule has 17 heteroatoms. The average Bonchev–Trinajstić information content (AvgIpc) is 3.95. The number of piperazine rings is 2. The Labute approximate surface area is 417 Å². The van der Waals surface area contributed by atoms with E-state index in [4.69, 9.17) is 32.8 Å². The van der Waals surface area contributed by atoms with Crippen LogP contribution in [0.15, 0.2) is 97.3 Å². The fourth-order valence-electron chi connectivity index (χ4n) is 9.02. The number of aromatic nitrogens is 6.